The van der Waals surface area contributed by atoms with E-state index in [1.807, 2.05) is 20.8 Å². The third kappa shape index (κ3) is 2.31. The van der Waals surface area contributed by atoms with Crippen LogP contribution < -0.4 is 5.14 Å². The SMILES string of the molecule is CC.CC1=S(N)(=O)CCC1. The van der Waals surface area contributed by atoms with Crippen molar-refractivity contribution in [3.63, 3.8) is 0 Å². The predicted molar refractivity (Wildman–Crippen MR) is 48.5 cm³/mol. The Balaban J connectivity index is 0.000000371. The second kappa shape index (κ2) is 3.98. The zero-order valence-corrected chi connectivity index (χ0v) is 7.83. The van der Waals surface area contributed by atoms with Crippen LogP contribution in [-0.2, 0) is 9.71 Å². The highest BCUT2D eigenvalue weighted by atomic mass is 32.2. The second-order valence-electron chi connectivity index (χ2n) is 2.24. The molecule has 0 aromatic carbocycles. The maximum Gasteiger partial charge on any atom is 0.0295 e. The maximum absolute atomic E-state index is 11.1. The lowest BCUT2D eigenvalue weighted by Crippen LogP contribution is -2.17. The van der Waals surface area contributed by atoms with Gasteiger partial charge in [-0.25, -0.2) is 0 Å². The zero-order valence-electron chi connectivity index (χ0n) is 7.02. The molecule has 0 aromatic rings. The van der Waals surface area contributed by atoms with Gasteiger partial charge in [-0.15, -0.1) is 0 Å². The summed E-state index contributed by atoms with van der Waals surface area (Å²) in [5, 5.41) is 5.41. The lowest BCUT2D eigenvalue weighted by atomic mass is 10.3. The molecule has 2 N–H and O–H groups in total. The van der Waals surface area contributed by atoms with Crippen molar-refractivity contribution in [2.24, 2.45) is 5.14 Å². The molecular formula is C7H17NOS. The monoisotopic (exact) mass is 163 g/mol. The zero-order chi connectivity index (χ0) is 8.20. The molecular weight excluding hydrogens is 146 g/mol. The molecule has 3 heteroatoms. The summed E-state index contributed by atoms with van der Waals surface area (Å²) in [7, 11) is -1.96. The van der Waals surface area contributed by atoms with Gasteiger partial charge in [-0.3, -0.25) is 9.35 Å². The quantitative estimate of drug-likeness (QED) is 0.535. The molecule has 0 amide bonds. The molecule has 0 aliphatic carbocycles. The van der Waals surface area contributed by atoms with E-state index in [4.69, 9.17) is 5.14 Å². The fourth-order valence-corrected chi connectivity index (χ4v) is 2.29. The van der Waals surface area contributed by atoms with E-state index in [-0.39, 0.29) is 0 Å². The van der Waals surface area contributed by atoms with Crippen LogP contribution >= 0.6 is 0 Å². The molecule has 0 saturated heterocycles. The van der Waals surface area contributed by atoms with Crippen molar-refractivity contribution >= 4 is 14.6 Å². The number of hydrogen-bond acceptors (Lipinski definition) is 1. The van der Waals surface area contributed by atoms with Gasteiger partial charge >= 0.3 is 0 Å². The van der Waals surface area contributed by atoms with Gasteiger partial charge in [-0.1, -0.05) is 13.8 Å². The highest BCUT2D eigenvalue weighted by molar-refractivity contribution is 8.00. The van der Waals surface area contributed by atoms with E-state index in [1.165, 1.54) is 0 Å². The minimum Gasteiger partial charge on any atom is -0.259 e. The molecule has 1 aliphatic rings. The van der Waals surface area contributed by atoms with Gasteiger partial charge in [0.2, 0.25) is 0 Å². The molecule has 0 bridgehead atoms. The van der Waals surface area contributed by atoms with E-state index in [2.05, 4.69) is 0 Å². The largest absolute Gasteiger partial charge is 0.259 e. The Kier molecular flexibility index (Phi) is 3.98. The molecule has 0 radical (unpaired) electrons. The Morgan fingerprint density at radius 1 is 1.50 bits per heavy atom. The van der Waals surface area contributed by atoms with Crippen LogP contribution in [0.25, 0.3) is 0 Å². The molecule has 1 heterocycles. The number of hydrogen-bond donors (Lipinski definition) is 1. The van der Waals surface area contributed by atoms with Gasteiger partial charge in [-0.05, 0) is 24.6 Å². The summed E-state index contributed by atoms with van der Waals surface area (Å²) in [5.41, 5.74) is 0. The minimum atomic E-state index is -1.96. The first kappa shape index (κ1) is 9.98. The van der Waals surface area contributed by atoms with Crippen molar-refractivity contribution in [2.75, 3.05) is 5.75 Å². The van der Waals surface area contributed by atoms with Gasteiger partial charge in [0.1, 0.15) is 0 Å². The van der Waals surface area contributed by atoms with E-state index in [1.54, 1.807) is 0 Å². The summed E-state index contributed by atoms with van der Waals surface area (Å²) in [5.74, 6) is 0.707. The molecule has 0 saturated carbocycles. The Hall–Kier alpha value is -0.0200. The van der Waals surface area contributed by atoms with Crippen molar-refractivity contribution < 1.29 is 4.21 Å². The van der Waals surface area contributed by atoms with Crippen LogP contribution in [0.2, 0.25) is 0 Å². The Morgan fingerprint density at radius 2 is 2.00 bits per heavy atom. The first-order valence-electron chi connectivity index (χ1n) is 3.75. The number of rotatable bonds is 0. The van der Waals surface area contributed by atoms with Crippen LogP contribution in [0.4, 0.5) is 0 Å². The van der Waals surface area contributed by atoms with Crippen LogP contribution in [0, 0.1) is 0 Å². The number of nitrogens with two attached hydrogens (primary N) is 1. The first-order valence-corrected chi connectivity index (χ1v) is 5.54. The van der Waals surface area contributed by atoms with Crippen molar-refractivity contribution in [1.29, 1.82) is 0 Å². The van der Waals surface area contributed by atoms with Gasteiger partial charge < -0.3 is 0 Å². The van der Waals surface area contributed by atoms with Gasteiger partial charge in [0.05, 0.1) is 0 Å². The smallest absolute Gasteiger partial charge is 0.0295 e. The fourth-order valence-electron chi connectivity index (χ4n) is 0.883. The average Bonchev–Trinajstić information content (AvgIpc) is 2.17. The van der Waals surface area contributed by atoms with E-state index in [0.29, 0.717) is 5.75 Å². The molecule has 10 heavy (non-hydrogen) atoms. The van der Waals surface area contributed by atoms with Crippen LogP contribution in [0.5, 0.6) is 0 Å². The Morgan fingerprint density at radius 3 is 2.10 bits per heavy atom. The van der Waals surface area contributed by atoms with Gasteiger partial charge in [-0.2, -0.15) is 0 Å². The Labute approximate surface area is 64.0 Å². The van der Waals surface area contributed by atoms with Gasteiger partial charge in [0.15, 0.2) is 0 Å². The van der Waals surface area contributed by atoms with E-state index in [0.717, 1.165) is 17.7 Å². The second-order valence-corrected chi connectivity index (χ2v) is 4.79. The highest BCUT2D eigenvalue weighted by Crippen LogP contribution is 2.07. The fraction of sp³-hybridized carbons (Fsp3) is 0.857. The first-order chi connectivity index (χ1) is 4.63. The third-order valence-corrected chi connectivity index (χ3v) is 3.85. The van der Waals surface area contributed by atoms with Crippen LogP contribution in [0.15, 0.2) is 0 Å². The molecule has 1 atom stereocenters. The standard InChI is InChI=1S/C5H11NOS.C2H6/c1-5-3-2-4-8(5,6)7;1-2/h2-4H2,1H3,(H2,6,7);1-2H3. The normalized spacial score (nSPS) is 31.4. The lowest BCUT2D eigenvalue weighted by molar-refractivity contribution is 0.682. The van der Waals surface area contributed by atoms with Crippen LogP contribution in [0.1, 0.15) is 33.6 Å². The van der Waals surface area contributed by atoms with Crippen molar-refractivity contribution in [3.05, 3.63) is 0 Å². The van der Waals surface area contributed by atoms with E-state index < -0.39 is 9.71 Å². The molecule has 1 unspecified atom stereocenters. The molecule has 62 valence electrons. The average molecular weight is 163 g/mol. The molecule has 1 aliphatic heterocycles. The van der Waals surface area contributed by atoms with Gasteiger partial charge in [0.25, 0.3) is 0 Å². The predicted octanol–water partition coefficient (Wildman–Crippen LogP) is 1.16. The molecule has 0 aromatic heterocycles. The summed E-state index contributed by atoms with van der Waals surface area (Å²) in [6.07, 6.45) is 1.98. The summed E-state index contributed by atoms with van der Waals surface area (Å²) in [6.45, 7) is 5.88. The van der Waals surface area contributed by atoms with Gasteiger partial charge in [0, 0.05) is 15.5 Å². The minimum absolute atomic E-state index is 0.707. The topological polar surface area (TPSA) is 43.1 Å². The van der Waals surface area contributed by atoms with Crippen molar-refractivity contribution in [3.8, 4) is 0 Å². The maximum atomic E-state index is 11.1. The van der Waals surface area contributed by atoms with E-state index in [9.17, 15) is 4.21 Å². The van der Waals surface area contributed by atoms with Crippen molar-refractivity contribution in [2.45, 2.75) is 33.6 Å². The molecule has 2 nitrogen and oxygen atoms in total. The van der Waals surface area contributed by atoms with E-state index >= 15 is 0 Å². The van der Waals surface area contributed by atoms with Crippen LogP contribution in [-0.4, -0.2) is 14.8 Å². The lowest BCUT2D eigenvalue weighted by Gasteiger charge is -1.94. The molecule has 1 rings (SSSR count). The molecule has 0 fully saturated rings. The molecule has 0 spiro atoms. The Bertz CT molecular complexity index is 202. The van der Waals surface area contributed by atoms with Crippen LogP contribution in [0.3, 0.4) is 0 Å². The summed E-state index contributed by atoms with van der Waals surface area (Å²) in [6, 6.07) is 0. The highest BCUT2D eigenvalue weighted by Gasteiger charge is 2.12. The summed E-state index contributed by atoms with van der Waals surface area (Å²) >= 11 is 0. The van der Waals surface area contributed by atoms with Crippen molar-refractivity contribution in [1.82, 2.24) is 0 Å². The third-order valence-electron chi connectivity index (χ3n) is 1.57. The summed E-state index contributed by atoms with van der Waals surface area (Å²) in [4.78, 5) is 0.998. The summed E-state index contributed by atoms with van der Waals surface area (Å²) < 4.78 is 11.1.